The number of benzene rings is 2. The van der Waals surface area contributed by atoms with Crippen molar-refractivity contribution in [3.05, 3.63) is 58.3 Å². The van der Waals surface area contributed by atoms with Crippen molar-refractivity contribution in [2.45, 2.75) is 0 Å². The van der Waals surface area contributed by atoms with E-state index in [-0.39, 0.29) is 5.69 Å². The first-order valence-electron chi connectivity index (χ1n) is 5.19. The maximum Gasteiger partial charge on any atom is 0.257 e. The Hall–Kier alpha value is -1.88. The van der Waals surface area contributed by atoms with Crippen LogP contribution in [0.1, 0.15) is 10.4 Å². The lowest BCUT2D eigenvalue weighted by Gasteiger charge is -2.08. The van der Waals surface area contributed by atoms with E-state index in [0.717, 1.165) is 0 Å². The van der Waals surface area contributed by atoms with Gasteiger partial charge in [-0.2, -0.15) is 0 Å². The highest BCUT2D eigenvalue weighted by atomic mass is 79.9. The summed E-state index contributed by atoms with van der Waals surface area (Å²) in [5, 5.41) is 2.48. The van der Waals surface area contributed by atoms with Crippen LogP contribution in [0.5, 0.6) is 0 Å². The third-order valence-corrected chi connectivity index (χ3v) is 2.88. The first-order chi connectivity index (χ1) is 8.58. The van der Waals surface area contributed by atoms with E-state index in [4.69, 9.17) is 5.73 Å². The summed E-state index contributed by atoms with van der Waals surface area (Å²) in [7, 11) is 0. The molecule has 2 rings (SSSR count). The minimum absolute atomic E-state index is 0.109. The molecule has 0 aliphatic heterocycles. The number of carbonyl (C=O) groups excluding carboxylic acids is 1. The number of rotatable bonds is 2. The summed E-state index contributed by atoms with van der Waals surface area (Å²) in [5.41, 5.74) is 6.46. The van der Waals surface area contributed by atoms with E-state index in [9.17, 15) is 9.18 Å². The summed E-state index contributed by atoms with van der Waals surface area (Å²) < 4.78 is 14.2. The Morgan fingerprint density at radius 1 is 1.22 bits per heavy atom. The fourth-order valence-electron chi connectivity index (χ4n) is 1.49. The third kappa shape index (κ3) is 2.68. The molecule has 3 N–H and O–H groups in total. The van der Waals surface area contributed by atoms with E-state index in [1.807, 2.05) is 0 Å². The Morgan fingerprint density at radius 3 is 2.67 bits per heavy atom. The zero-order valence-corrected chi connectivity index (χ0v) is 10.9. The molecule has 5 heteroatoms. The number of amides is 1. The fraction of sp³-hybridized carbons (Fsp3) is 0. The van der Waals surface area contributed by atoms with Crippen LogP contribution in [0.4, 0.5) is 15.8 Å². The van der Waals surface area contributed by atoms with Gasteiger partial charge in [0.2, 0.25) is 0 Å². The van der Waals surface area contributed by atoms with E-state index in [1.54, 1.807) is 30.3 Å². The van der Waals surface area contributed by atoms with Gasteiger partial charge in [0.05, 0.1) is 11.3 Å². The smallest absolute Gasteiger partial charge is 0.257 e. The molecule has 2 aromatic carbocycles. The summed E-state index contributed by atoms with van der Waals surface area (Å²) in [6.45, 7) is 0. The highest BCUT2D eigenvalue weighted by Crippen LogP contribution is 2.21. The monoisotopic (exact) mass is 308 g/mol. The van der Waals surface area contributed by atoms with Gasteiger partial charge in [-0.15, -0.1) is 0 Å². The second-order valence-electron chi connectivity index (χ2n) is 3.67. The Kier molecular flexibility index (Phi) is 3.62. The van der Waals surface area contributed by atoms with Crippen molar-refractivity contribution in [2.75, 3.05) is 11.1 Å². The van der Waals surface area contributed by atoms with Gasteiger partial charge in [0.1, 0.15) is 5.82 Å². The van der Waals surface area contributed by atoms with Gasteiger partial charge in [-0.1, -0.05) is 28.1 Å². The molecule has 0 unspecified atom stereocenters. The van der Waals surface area contributed by atoms with Gasteiger partial charge in [0.15, 0.2) is 0 Å². The molecule has 0 heterocycles. The van der Waals surface area contributed by atoms with Crippen LogP contribution in [0.15, 0.2) is 46.9 Å². The Morgan fingerprint density at radius 2 is 1.94 bits per heavy atom. The Labute approximate surface area is 112 Å². The number of nitrogen functional groups attached to an aromatic ring is 1. The molecule has 0 aliphatic carbocycles. The number of carbonyl (C=O) groups is 1. The van der Waals surface area contributed by atoms with Crippen molar-refractivity contribution in [1.82, 2.24) is 0 Å². The molecule has 0 atom stereocenters. The standard InChI is InChI=1S/C13H10BrFN2O/c14-8-5-6-10(15)12(7-8)17-13(18)9-3-1-2-4-11(9)16/h1-7H,16H2,(H,17,18). The first-order valence-corrected chi connectivity index (χ1v) is 5.98. The van der Waals surface area contributed by atoms with Crippen LogP contribution in [0.3, 0.4) is 0 Å². The molecule has 0 aromatic heterocycles. The zero-order valence-electron chi connectivity index (χ0n) is 9.28. The van der Waals surface area contributed by atoms with Gasteiger partial charge in [0.25, 0.3) is 5.91 Å². The van der Waals surface area contributed by atoms with Crippen LogP contribution < -0.4 is 11.1 Å². The van der Waals surface area contributed by atoms with Crippen LogP contribution in [0.25, 0.3) is 0 Å². The molecular weight excluding hydrogens is 299 g/mol. The summed E-state index contributed by atoms with van der Waals surface area (Å²) >= 11 is 3.21. The average molecular weight is 309 g/mol. The lowest BCUT2D eigenvalue weighted by Crippen LogP contribution is -2.14. The van der Waals surface area contributed by atoms with Gasteiger partial charge in [-0.25, -0.2) is 4.39 Å². The number of halogens is 2. The molecule has 1 amide bonds. The van der Waals surface area contributed by atoms with Gasteiger partial charge in [-0.05, 0) is 30.3 Å². The predicted molar refractivity (Wildman–Crippen MR) is 72.9 cm³/mol. The number of anilines is 2. The summed E-state index contributed by atoms with van der Waals surface area (Å²) in [6.07, 6.45) is 0. The molecule has 0 radical (unpaired) electrons. The minimum Gasteiger partial charge on any atom is -0.398 e. The van der Waals surface area contributed by atoms with Crippen LogP contribution >= 0.6 is 15.9 Å². The fourth-order valence-corrected chi connectivity index (χ4v) is 1.85. The maximum absolute atomic E-state index is 13.5. The van der Waals surface area contributed by atoms with Gasteiger partial charge in [0, 0.05) is 10.2 Å². The van der Waals surface area contributed by atoms with Crippen LogP contribution in [0.2, 0.25) is 0 Å². The van der Waals surface area contributed by atoms with Crippen molar-refractivity contribution in [3.63, 3.8) is 0 Å². The topological polar surface area (TPSA) is 55.1 Å². The minimum atomic E-state index is -0.499. The number of para-hydroxylation sites is 1. The first kappa shape index (κ1) is 12.6. The summed E-state index contributed by atoms with van der Waals surface area (Å²) in [5.74, 6) is -0.939. The van der Waals surface area contributed by atoms with Crippen molar-refractivity contribution >= 4 is 33.2 Å². The molecule has 3 nitrogen and oxygen atoms in total. The van der Waals surface area contributed by atoms with Crippen LogP contribution in [-0.2, 0) is 0 Å². The third-order valence-electron chi connectivity index (χ3n) is 2.38. The molecule has 0 saturated carbocycles. The van der Waals surface area contributed by atoms with E-state index in [0.29, 0.717) is 15.7 Å². The van der Waals surface area contributed by atoms with Gasteiger partial charge < -0.3 is 11.1 Å². The molecule has 0 aliphatic rings. The number of nitrogens with one attached hydrogen (secondary N) is 1. The van der Waals surface area contributed by atoms with E-state index < -0.39 is 11.7 Å². The number of nitrogens with two attached hydrogens (primary N) is 1. The van der Waals surface area contributed by atoms with Crippen molar-refractivity contribution in [2.24, 2.45) is 0 Å². The SMILES string of the molecule is Nc1ccccc1C(=O)Nc1cc(Br)ccc1F. The Balaban J connectivity index is 2.27. The molecule has 18 heavy (non-hydrogen) atoms. The Bertz CT molecular complexity index is 601. The second-order valence-corrected chi connectivity index (χ2v) is 4.58. The quantitative estimate of drug-likeness (QED) is 0.835. The second kappa shape index (κ2) is 5.18. The lowest BCUT2D eigenvalue weighted by atomic mass is 10.1. The molecular formula is C13H10BrFN2O. The maximum atomic E-state index is 13.5. The van der Waals surface area contributed by atoms with E-state index in [2.05, 4.69) is 21.2 Å². The zero-order chi connectivity index (χ0) is 13.1. The highest BCUT2D eigenvalue weighted by Gasteiger charge is 2.11. The summed E-state index contributed by atoms with van der Waals surface area (Å²) in [4.78, 5) is 11.9. The van der Waals surface area contributed by atoms with Gasteiger partial charge in [-0.3, -0.25) is 4.79 Å². The molecule has 0 bridgehead atoms. The normalized spacial score (nSPS) is 10.1. The molecule has 92 valence electrons. The number of hydrogen-bond acceptors (Lipinski definition) is 2. The average Bonchev–Trinajstić information content (AvgIpc) is 2.34. The highest BCUT2D eigenvalue weighted by molar-refractivity contribution is 9.10. The van der Waals surface area contributed by atoms with Crippen molar-refractivity contribution in [3.8, 4) is 0 Å². The lowest BCUT2D eigenvalue weighted by molar-refractivity contribution is 0.102. The molecule has 0 spiro atoms. The molecule has 0 saturated heterocycles. The number of hydrogen-bond donors (Lipinski definition) is 2. The predicted octanol–water partition coefficient (Wildman–Crippen LogP) is 3.42. The van der Waals surface area contributed by atoms with Crippen molar-refractivity contribution < 1.29 is 9.18 Å². The van der Waals surface area contributed by atoms with Crippen molar-refractivity contribution in [1.29, 1.82) is 0 Å². The molecule has 0 fully saturated rings. The van der Waals surface area contributed by atoms with E-state index >= 15 is 0 Å². The summed E-state index contributed by atoms with van der Waals surface area (Å²) in [6, 6.07) is 10.9. The van der Waals surface area contributed by atoms with Crippen LogP contribution in [0, 0.1) is 5.82 Å². The van der Waals surface area contributed by atoms with E-state index in [1.165, 1.54) is 12.1 Å². The van der Waals surface area contributed by atoms with Gasteiger partial charge >= 0.3 is 0 Å². The van der Waals surface area contributed by atoms with Crippen LogP contribution in [-0.4, -0.2) is 5.91 Å². The molecule has 2 aromatic rings. The largest absolute Gasteiger partial charge is 0.398 e.